The van der Waals surface area contributed by atoms with Gasteiger partial charge >= 0.3 is 0 Å². The van der Waals surface area contributed by atoms with Crippen LogP contribution in [-0.2, 0) is 19.2 Å². The van der Waals surface area contributed by atoms with Gasteiger partial charge in [0.25, 0.3) is 0 Å². The molecule has 0 bridgehead atoms. The second-order valence-corrected chi connectivity index (χ2v) is 8.94. The van der Waals surface area contributed by atoms with Crippen LogP contribution >= 0.6 is 0 Å². The molecule has 4 amide bonds. The van der Waals surface area contributed by atoms with Gasteiger partial charge in [0, 0.05) is 38.2 Å². The molecule has 166 valence electrons. The second-order valence-electron chi connectivity index (χ2n) is 8.94. The van der Waals surface area contributed by atoms with Crippen LogP contribution in [0, 0.1) is 24.7 Å². The Morgan fingerprint density at radius 2 is 1.68 bits per heavy atom. The summed E-state index contributed by atoms with van der Waals surface area (Å²) < 4.78 is 0. The van der Waals surface area contributed by atoms with Crippen molar-refractivity contribution in [2.24, 2.45) is 17.8 Å². The molecule has 8 nitrogen and oxygen atoms in total. The fraction of sp³-hybridized carbons (Fsp3) is 0.609. The molecule has 3 heterocycles. The Kier molecular flexibility index (Phi) is 6.34. The summed E-state index contributed by atoms with van der Waals surface area (Å²) in [6, 6.07) is 3.68. The normalized spacial score (nSPS) is 24.3. The number of nitrogens with one attached hydrogen (secondary N) is 1. The molecule has 2 atom stereocenters. The van der Waals surface area contributed by atoms with Crippen molar-refractivity contribution in [2.75, 3.05) is 25.0 Å². The van der Waals surface area contributed by atoms with Crippen LogP contribution in [0.3, 0.4) is 0 Å². The van der Waals surface area contributed by atoms with Crippen molar-refractivity contribution in [3.63, 3.8) is 0 Å². The van der Waals surface area contributed by atoms with Gasteiger partial charge in [-0.1, -0.05) is 18.9 Å². The Balaban J connectivity index is 1.23. The standard InChI is InChI=1S/C23H30N4O4/c1-15-6-7-19(24-14-15)25-21(29)16-8-11-26(12-9-16)20(28)10-13-27-22(30)17-4-2-3-5-18(17)23(27)31/h6-7,14,16-18H,2-5,8-13H2,1H3,(H,24,25,29). The zero-order chi connectivity index (χ0) is 22.0. The second kappa shape index (κ2) is 9.16. The molecule has 1 aromatic heterocycles. The molecule has 4 rings (SSSR count). The Morgan fingerprint density at radius 3 is 2.26 bits per heavy atom. The number of nitrogens with zero attached hydrogens (tertiary/aromatic N) is 3. The number of aryl methyl sites for hydroxylation is 1. The summed E-state index contributed by atoms with van der Waals surface area (Å²) in [4.78, 5) is 57.5. The summed E-state index contributed by atoms with van der Waals surface area (Å²) in [7, 11) is 0. The lowest BCUT2D eigenvalue weighted by Crippen LogP contribution is -2.43. The lowest BCUT2D eigenvalue weighted by atomic mass is 9.81. The maximum Gasteiger partial charge on any atom is 0.233 e. The molecular weight excluding hydrogens is 396 g/mol. The molecule has 31 heavy (non-hydrogen) atoms. The van der Waals surface area contributed by atoms with Crippen LogP contribution < -0.4 is 5.32 Å². The molecule has 2 saturated heterocycles. The summed E-state index contributed by atoms with van der Waals surface area (Å²) >= 11 is 0. The van der Waals surface area contributed by atoms with Crippen LogP contribution in [0.15, 0.2) is 18.3 Å². The van der Waals surface area contributed by atoms with Crippen molar-refractivity contribution < 1.29 is 19.2 Å². The third-order valence-electron chi connectivity index (χ3n) is 6.86. The van der Waals surface area contributed by atoms with Gasteiger partial charge in [0.1, 0.15) is 5.82 Å². The third-order valence-corrected chi connectivity index (χ3v) is 6.86. The number of carbonyl (C=O) groups is 4. The molecule has 1 N–H and O–H groups in total. The quantitative estimate of drug-likeness (QED) is 0.727. The number of aromatic nitrogens is 1. The van der Waals surface area contributed by atoms with E-state index < -0.39 is 0 Å². The maximum atomic E-state index is 12.6. The number of hydrogen-bond donors (Lipinski definition) is 1. The topological polar surface area (TPSA) is 99.7 Å². The number of rotatable bonds is 5. The lowest BCUT2D eigenvalue weighted by Gasteiger charge is -2.31. The first-order valence-electron chi connectivity index (χ1n) is 11.3. The van der Waals surface area contributed by atoms with Gasteiger partial charge in [-0.3, -0.25) is 24.1 Å². The van der Waals surface area contributed by atoms with E-state index in [4.69, 9.17) is 0 Å². The van der Waals surface area contributed by atoms with Gasteiger partial charge in [-0.15, -0.1) is 0 Å². The number of carbonyl (C=O) groups excluding carboxylic acids is 4. The minimum atomic E-state index is -0.173. The highest BCUT2D eigenvalue weighted by molar-refractivity contribution is 6.05. The third kappa shape index (κ3) is 4.62. The van der Waals surface area contributed by atoms with E-state index >= 15 is 0 Å². The van der Waals surface area contributed by atoms with Crippen molar-refractivity contribution in [3.05, 3.63) is 23.9 Å². The van der Waals surface area contributed by atoms with Crippen LogP contribution in [0.1, 0.15) is 50.5 Å². The van der Waals surface area contributed by atoms with E-state index in [2.05, 4.69) is 10.3 Å². The van der Waals surface area contributed by atoms with Gasteiger partial charge in [-0.25, -0.2) is 4.98 Å². The summed E-state index contributed by atoms with van der Waals surface area (Å²) in [6.45, 7) is 3.12. The first kappa shape index (κ1) is 21.5. The molecule has 8 heteroatoms. The predicted octanol–water partition coefficient (Wildman–Crippen LogP) is 2.13. The molecule has 2 unspecified atom stereocenters. The molecule has 2 aliphatic heterocycles. The van der Waals surface area contributed by atoms with Crippen LogP contribution in [0.5, 0.6) is 0 Å². The van der Waals surface area contributed by atoms with Gasteiger partial charge < -0.3 is 10.2 Å². The van der Waals surface area contributed by atoms with E-state index in [1.807, 2.05) is 13.0 Å². The monoisotopic (exact) mass is 426 g/mol. The van der Waals surface area contributed by atoms with E-state index in [1.54, 1.807) is 17.2 Å². The molecule has 1 saturated carbocycles. The maximum absolute atomic E-state index is 12.6. The Hall–Kier alpha value is -2.77. The van der Waals surface area contributed by atoms with Crippen LogP contribution in [0.4, 0.5) is 5.82 Å². The van der Waals surface area contributed by atoms with Crippen LogP contribution in [0.2, 0.25) is 0 Å². The smallest absolute Gasteiger partial charge is 0.233 e. The fourth-order valence-electron chi connectivity index (χ4n) is 4.98. The minimum Gasteiger partial charge on any atom is -0.343 e. The minimum absolute atomic E-state index is 0.0606. The summed E-state index contributed by atoms with van der Waals surface area (Å²) in [5, 5.41) is 2.84. The average Bonchev–Trinajstić information content (AvgIpc) is 3.03. The largest absolute Gasteiger partial charge is 0.343 e. The predicted molar refractivity (Wildman–Crippen MR) is 114 cm³/mol. The molecule has 1 aliphatic carbocycles. The molecular formula is C23H30N4O4. The van der Waals surface area contributed by atoms with Crippen LogP contribution in [-0.4, -0.2) is 58.0 Å². The van der Waals surface area contributed by atoms with E-state index in [0.29, 0.717) is 31.7 Å². The molecule has 0 aromatic carbocycles. The summed E-state index contributed by atoms with van der Waals surface area (Å²) in [5.74, 6) is -0.284. The average molecular weight is 427 g/mol. The zero-order valence-corrected chi connectivity index (χ0v) is 18.0. The van der Waals surface area contributed by atoms with Crippen molar-refractivity contribution in [2.45, 2.75) is 51.9 Å². The Bertz CT molecular complexity index is 837. The first-order chi connectivity index (χ1) is 14.9. The first-order valence-corrected chi connectivity index (χ1v) is 11.3. The van der Waals surface area contributed by atoms with Gasteiger partial charge in [0.2, 0.25) is 23.6 Å². The zero-order valence-electron chi connectivity index (χ0n) is 18.0. The number of hydrogen-bond acceptors (Lipinski definition) is 5. The van der Waals surface area contributed by atoms with Crippen LogP contribution in [0.25, 0.3) is 0 Å². The number of likely N-dealkylation sites (tertiary alicyclic amines) is 2. The van der Waals surface area contributed by atoms with Crippen molar-refractivity contribution in [1.29, 1.82) is 0 Å². The summed E-state index contributed by atoms with van der Waals surface area (Å²) in [6.07, 6.45) is 6.61. The number of amides is 4. The lowest BCUT2D eigenvalue weighted by molar-refractivity contribution is -0.141. The highest BCUT2D eigenvalue weighted by Crippen LogP contribution is 2.38. The van der Waals surface area contributed by atoms with Gasteiger partial charge in [-0.05, 0) is 44.2 Å². The summed E-state index contributed by atoms with van der Waals surface area (Å²) in [5.41, 5.74) is 1.03. The highest BCUT2D eigenvalue weighted by atomic mass is 16.2. The van der Waals surface area contributed by atoms with E-state index in [9.17, 15) is 19.2 Å². The van der Waals surface area contributed by atoms with Crippen molar-refractivity contribution >= 4 is 29.4 Å². The van der Waals surface area contributed by atoms with E-state index in [0.717, 1.165) is 31.2 Å². The number of anilines is 1. The molecule has 3 aliphatic rings. The Morgan fingerprint density at radius 1 is 1.03 bits per heavy atom. The number of piperidine rings is 1. The number of fused-ring (bicyclic) bond motifs is 1. The van der Waals surface area contributed by atoms with E-state index in [-0.39, 0.29) is 54.3 Å². The van der Waals surface area contributed by atoms with Gasteiger partial charge in [0.15, 0.2) is 0 Å². The number of pyridine rings is 1. The van der Waals surface area contributed by atoms with Crippen molar-refractivity contribution in [1.82, 2.24) is 14.8 Å². The molecule has 1 aromatic rings. The SMILES string of the molecule is Cc1ccc(NC(=O)C2CCN(C(=O)CCN3C(=O)C4CCCCC4C3=O)CC2)nc1. The van der Waals surface area contributed by atoms with E-state index in [1.165, 1.54) is 4.90 Å². The molecule has 0 radical (unpaired) electrons. The molecule has 3 fully saturated rings. The van der Waals surface area contributed by atoms with Gasteiger partial charge in [-0.2, -0.15) is 0 Å². The fourth-order valence-corrected chi connectivity index (χ4v) is 4.98. The highest BCUT2D eigenvalue weighted by Gasteiger charge is 2.47. The molecule has 0 spiro atoms. The Labute approximate surface area is 182 Å². The van der Waals surface area contributed by atoms with Gasteiger partial charge in [0.05, 0.1) is 11.8 Å². The van der Waals surface area contributed by atoms with Crippen molar-refractivity contribution in [3.8, 4) is 0 Å². The number of imide groups is 1.